The molecule has 0 spiro atoms. The Hall–Kier alpha value is -0.990. The van der Waals surface area contributed by atoms with E-state index in [4.69, 9.17) is 9.47 Å². The number of aliphatic hydroxyl groups is 4. The smallest absolute Gasteiger partial charge is 0.334 e. The third-order valence-electron chi connectivity index (χ3n) is 9.14. The number of esters is 1. The first-order valence-electron chi connectivity index (χ1n) is 17.6. The summed E-state index contributed by atoms with van der Waals surface area (Å²) in [6.45, 7) is 4.08. The Morgan fingerprint density at radius 3 is 1.93 bits per heavy atom. The summed E-state index contributed by atoms with van der Waals surface area (Å²) >= 11 is 0. The van der Waals surface area contributed by atoms with E-state index in [0.717, 1.165) is 51.4 Å². The number of ether oxygens (including phenoxy) is 2. The van der Waals surface area contributed by atoms with Crippen LogP contribution in [0.25, 0.3) is 0 Å². The van der Waals surface area contributed by atoms with Crippen molar-refractivity contribution >= 4 is 5.97 Å². The molecule has 0 aromatic heterocycles. The van der Waals surface area contributed by atoms with Crippen molar-refractivity contribution in [2.75, 3.05) is 0 Å². The molecule has 0 radical (unpaired) electrons. The van der Waals surface area contributed by atoms with Gasteiger partial charge in [-0.3, -0.25) is 0 Å². The highest BCUT2D eigenvalue weighted by molar-refractivity contribution is 5.90. The normalized spacial score (nSPS) is 23.5. The Balaban J connectivity index is 1.43. The summed E-state index contributed by atoms with van der Waals surface area (Å²) < 4.78 is 11.2. The van der Waals surface area contributed by atoms with Gasteiger partial charge in [-0.05, 0) is 57.9 Å². The number of rotatable bonds is 26. The topological polar surface area (TPSA) is 116 Å². The van der Waals surface area contributed by atoms with Gasteiger partial charge in [0.1, 0.15) is 6.10 Å². The van der Waals surface area contributed by atoms with Gasteiger partial charge >= 0.3 is 5.97 Å². The summed E-state index contributed by atoms with van der Waals surface area (Å²) in [7, 11) is 0. The molecule has 7 nitrogen and oxygen atoms in total. The van der Waals surface area contributed by atoms with Crippen LogP contribution in [0, 0.1) is 0 Å². The highest BCUT2D eigenvalue weighted by Crippen LogP contribution is 2.28. The van der Waals surface area contributed by atoms with E-state index in [-0.39, 0.29) is 24.3 Å². The van der Waals surface area contributed by atoms with Gasteiger partial charge < -0.3 is 29.9 Å². The highest BCUT2D eigenvalue weighted by Gasteiger charge is 2.31. The van der Waals surface area contributed by atoms with E-state index in [1.54, 1.807) is 6.08 Å². The standard InChI is InChI=1S/C35H64O7/c1-3-4-5-6-7-8-9-10-11-12-13-17-20-31(37)32(38)22-23-33(39)34-24-21-30(42-34)19-16-14-15-18-29(36)26-28-25-27(2)41-35(28)40/h25,27,29-34,36-39H,3-24,26H2,1-2H3/t27?,29?,30?,31-,32+,33+,34-/m0/s1. The van der Waals surface area contributed by atoms with Gasteiger partial charge in [0, 0.05) is 12.0 Å². The second kappa shape index (κ2) is 22.5. The summed E-state index contributed by atoms with van der Waals surface area (Å²) in [5.74, 6) is -0.308. The minimum atomic E-state index is -0.793. The van der Waals surface area contributed by atoms with Crippen LogP contribution in [-0.4, -0.2) is 69.1 Å². The third-order valence-corrected chi connectivity index (χ3v) is 9.14. The largest absolute Gasteiger partial charge is 0.455 e. The second-order valence-corrected chi connectivity index (χ2v) is 13.1. The van der Waals surface area contributed by atoms with Crippen molar-refractivity contribution in [2.24, 2.45) is 0 Å². The summed E-state index contributed by atoms with van der Waals surface area (Å²) in [6.07, 6.45) is 22.3. The highest BCUT2D eigenvalue weighted by atomic mass is 16.5. The molecule has 1 fully saturated rings. The molecule has 0 aliphatic carbocycles. The molecule has 0 saturated carbocycles. The maximum atomic E-state index is 11.7. The number of carbonyl (C=O) groups is 1. The molecular weight excluding hydrogens is 532 g/mol. The lowest BCUT2D eigenvalue weighted by Gasteiger charge is -2.22. The molecule has 4 N–H and O–H groups in total. The van der Waals surface area contributed by atoms with E-state index in [1.807, 2.05) is 6.92 Å². The maximum absolute atomic E-state index is 11.7. The Morgan fingerprint density at radius 2 is 1.31 bits per heavy atom. The van der Waals surface area contributed by atoms with Gasteiger partial charge in [0.25, 0.3) is 0 Å². The van der Waals surface area contributed by atoms with Gasteiger partial charge in [-0.1, -0.05) is 103 Å². The monoisotopic (exact) mass is 596 g/mol. The van der Waals surface area contributed by atoms with Crippen molar-refractivity contribution in [2.45, 2.75) is 204 Å². The van der Waals surface area contributed by atoms with Crippen molar-refractivity contribution in [1.29, 1.82) is 0 Å². The number of hydrogen-bond donors (Lipinski definition) is 4. The fourth-order valence-corrected chi connectivity index (χ4v) is 6.40. The Bertz CT molecular complexity index is 726. The maximum Gasteiger partial charge on any atom is 0.334 e. The molecule has 3 unspecified atom stereocenters. The van der Waals surface area contributed by atoms with Crippen LogP contribution in [0.15, 0.2) is 11.6 Å². The first-order chi connectivity index (χ1) is 20.3. The van der Waals surface area contributed by atoms with Gasteiger partial charge in [0.15, 0.2) is 0 Å². The zero-order valence-electron chi connectivity index (χ0n) is 26.9. The number of carbonyl (C=O) groups excluding carboxylic acids is 1. The molecular formula is C35H64O7. The van der Waals surface area contributed by atoms with Gasteiger partial charge in [0.2, 0.25) is 0 Å². The Morgan fingerprint density at radius 1 is 0.738 bits per heavy atom. The molecule has 2 heterocycles. The summed E-state index contributed by atoms with van der Waals surface area (Å²) in [4.78, 5) is 11.7. The molecule has 246 valence electrons. The molecule has 2 aliphatic rings. The second-order valence-electron chi connectivity index (χ2n) is 13.1. The lowest BCUT2D eigenvalue weighted by atomic mass is 9.97. The minimum absolute atomic E-state index is 0.149. The van der Waals surface area contributed by atoms with E-state index in [0.29, 0.717) is 37.7 Å². The van der Waals surface area contributed by atoms with Crippen molar-refractivity contribution in [3.05, 3.63) is 11.6 Å². The Kier molecular flexibility index (Phi) is 19.9. The molecule has 7 heteroatoms. The fraction of sp³-hybridized carbons (Fsp3) is 0.914. The predicted octanol–water partition coefficient (Wildman–Crippen LogP) is 7.06. The zero-order chi connectivity index (χ0) is 30.6. The van der Waals surface area contributed by atoms with E-state index in [9.17, 15) is 25.2 Å². The summed E-state index contributed by atoms with van der Waals surface area (Å²) in [5.41, 5.74) is 0.584. The number of aliphatic hydroxyl groups excluding tert-OH is 4. The average Bonchev–Trinajstić information content (AvgIpc) is 3.57. The van der Waals surface area contributed by atoms with Gasteiger partial charge in [-0.25, -0.2) is 4.79 Å². The van der Waals surface area contributed by atoms with Crippen LogP contribution in [0.1, 0.15) is 162 Å². The van der Waals surface area contributed by atoms with Crippen LogP contribution in [0.2, 0.25) is 0 Å². The van der Waals surface area contributed by atoms with Crippen molar-refractivity contribution in [1.82, 2.24) is 0 Å². The first-order valence-corrected chi connectivity index (χ1v) is 17.6. The van der Waals surface area contributed by atoms with Crippen LogP contribution >= 0.6 is 0 Å². The number of cyclic esters (lactones) is 1. The van der Waals surface area contributed by atoms with Crippen LogP contribution < -0.4 is 0 Å². The zero-order valence-corrected chi connectivity index (χ0v) is 26.9. The fourth-order valence-electron chi connectivity index (χ4n) is 6.40. The minimum Gasteiger partial charge on any atom is -0.455 e. The van der Waals surface area contributed by atoms with Crippen molar-refractivity contribution in [3.63, 3.8) is 0 Å². The quantitative estimate of drug-likeness (QED) is 0.0624. The molecule has 2 rings (SSSR count). The predicted molar refractivity (Wildman–Crippen MR) is 168 cm³/mol. The molecule has 1 saturated heterocycles. The molecule has 0 bridgehead atoms. The van der Waals surface area contributed by atoms with Crippen LogP contribution in [-0.2, 0) is 14.3 Å². The van der Waals surface area contributed by atoms with Gasteiger partial charge in [-0.15, -0.1) is 0 Å². The van der Waals surface area contributed by atoms with Crippen molar-refractivity contribution in [3.8, 4) is 0 Å². The van der Waals surface area contributed by atoms with Crippen LogP contribution in [0.5, 0.6) is 0 Å². The SMILES string of the molecule is CCCCCCCCCCCCCC[C@H](O)[C@H](O)CC[C@@H](O)[C@@H]1CCC(CCCCCC(O)CC2=CC(C)OC2=O)O1. The summed E-state index contributed by atoms with van der Waals surface area (Å²) in [5, 5.41) is 41.6. The molecule has 0 aromatic rings. The lowest BCUT2D eigenvalue weighted by Crippen LogP contribution is -2.31. The van der Waals surface area contributed by atoms with Crippen LogP contribution in [0.3, 0.4) is 0 Å². The van der Waals surface area contributed by atoms with E-state index >= 15 is 0 Å². The lowest BCUT2D eigenvalue weighted by molar-refractivity contribution is -0.139. The third kappa shape index (κ3) is 16.2. The molecule has 2 aliphatic heterocycles. The molecule has 0 aromatic carbocycles. The molecule has 7 atom stereocenters. The van der Waals surface area contributed by atoms with E-state index in [1.165, 1.54) is 64.2 Å². The molecule has 0 amide bonds. The average molecular weight is 597 g/mol. The molecule has 42 heavy (non-hydrogen) atoms. The van der Waals surface area contributed by atoms with Crippen molar-refractivity contribution < 1.29 is 34.7 Å². The van der Waals surface area contributed by atoms with E-state index < -0.39 is 24.4 Å². The first kappa shape index (κ1) is 37.2. The number of unbranched alkanes of at least 4 members (excludes halogenated alkanes) is 13. The number of hydrogen-bond acceptors (Lipinski definition) is 7. The summed E-state index contributed by atoms with van der Waals surface area (Å²) in [6, 6.07) is 0. The van der Waals surface area contributed by atoms with Gasteiger partial charge in [-0.2, -0.15) is 0 Å². The Labute approximate surface area is 256 Å². The van der Waals surface area contributed by atoms with Crippen LogP contribution in [0.4, 0.5) is 0 Å². The van der Waals surface area contributed by atoms with E-state index in [2.05, 4.69) is 6.92 Å². The van der Waals surface area contributed by atoms with Gasteiger partial charge in [0.05, 0.1) is 36.6 Å².